The molecule has 1 aromatic carbocycles. The molecule has 20 heavy (non-hydrogen) atoms. The van der Waals surface area contributed by atoms with Gasteiger partial charge in [0.1, 0.15) is 0 Å². The Balaban J connectivity index is 1.79. The number of rotatable bonds is 6. The molecule has 0 aliphatic heterocycles. The van der Waals surface area contributed by atoms with Crippen LogP contribution in [-0.2, 0) is 16.4 Å². The lowest BCUT2D eigenvalue weighted by molar-refractivity contribution is 0.364. The number of hydrogen-bond acceptors (Lipinski definition) is 2. The Labute approximate surface area is 126 Å². The summed E-state index contributed by atoms with van der Waals surface area (Å²) in [7, 11) is -3.21. The first-order valence-electron chi connectivity index (χ1n) is 7.22. The van der Waals surface area contributed by atoms with Gasteiger partial charge in [0.15, 0.2) is 0 Å². The molecule has 0 aromatic heterocycles. The van der Waals surface area contributed by atoms with Gasteiger partial charge in [-0.25, -0.2) is 13.1 Å². The van der Waals surface area contributed by atoms with Crippen molar-refractivity contribution in [2.24, 2.45) is 5.92 Å². The zero-order valence-electron chi connectivity index (χ0n) is 11.6. The molecule has 112 valence electrons. The number of aryl methyl sites for hydroxylation is 1. The quantitative estimate of drug-likeness (QED) is 0.820. The molecule has 3 nitrogen and oxygen atoms in total. The minimum Gasteiger partial charge on any atom is -0.215 e. The van der Waals surface area contributed by atoms with Crippen molar-refractivity contribution in [1.82, 2.24) is 4.72 Å². The summed E-state index contributed by atoms with van der Waals surface area (Å²) >= 11 is 6.25. The SMILES string of the molecule is O=S(=O)(CCc1ccccc1)NCC1CCCCC1Cl. The number of nitrogens with one attached hydrogen (secondary N) is 1. The smallest absolute Gasteiger partial charge is 0.211 e. The molecule has 0 spiro atoms. The Morgan fingerprint density at radius 2 is 1.85 bits per heavy atom. The lowest BCUT2D eigenvalue weighted by Gasteiger charge is -2.27. The van der Waals surface area contributed by atoms with Crippen molar-refractivity contribution in [3.63, 3.8) is 0 Å². The number of sulfonamides is 1. The molecule has 1 aliphatic rings. The van der Waals surface area contributed by atoms with Crippen LogP contribution in [0, 0.1) is 5.92 Å². The van der Waals surface area contributed by atoms with E-state index in [0.29, 0.717) is 13.0 Å². The van der Waals surface area contributed by atoms with Crippen LogP contribution < -0.4 is 4.72 Å². The van der Waals surface area contributed by atoms with E-state index in [-0.39, 0.29) is 17.0 Å². The van der Waals surface area contributed by atoms with Gasteiger partial charge in [-0.15, -0.1) is 11.6 Å². The van der Waals surface area contributed by atoms with Crippen LogP contribution in [0.2, 0.25) is 0 Å². The molecule has 2 unspecified atom stereocenters. The molecule has 0 saturated heterocycles. The summed E-state index contributed by atoms with van der Waals surface area (Å²) in [6.07, 6.45) is 4.88. The second-order valence-electron chi connectivity index (χ2n) is 5.46. The van der Waals surface area contributed by atoms with E-state index in [1.807, 2.05) is 30.3 Å². The van der Waals surface area contributed by atoms with Gasteiger partial charge in [-0.05, 0) is 30.7 Å². The highest BCUT2D eigenvalue weighted by Gasteiger charge is 2.24. The standard InChI is InChI=1S/C15H22ClNO2S/c16-15-9-5-4-8-14(15)12-17-20(18,19)11-10-13-6-2-1-3-7-13/h1-3,6-7,14-15,17H,4-5,8-12H2. The van der Waals surface area contributed by atoms with Gasteiger partial charge in [0.05, 0.1) is 5.75 Å². The van der Waals surface area contributed by atoms with Gasteiger partial charge < -0.3 is 0 Å². The molecule has 1 N–H and O–H groups in total. The van der Waals surface area contributed by atoms with E-state index in [1.54, 1.807) is 0 Å². The summed E-state index contributed by atoms with van der Waals surface area (Å²) in [5.74, 6) is 0.411. The van der Waals surface area contributed by atoms with Crippen molar-refractivity contribution >= 4 is 21.6 Å². The Hall–Kier alpha value is -0.580. The topological polar surface area (TPSA) is 46.2 Å². The van der Waals surface area contributed by atoms with Gasteiger partial charge in [0.25, 0.3) is 0 Å². The van der Waals surface area contributed by atoms with Crippen molar-refractivity contribution in [3.05, 3.63) is 35.9 Å². The number of hydrogen-bond donors (Lipinski definition) is 1. The van der Waals surface area contributed by atoms with Crippen molar-refractivity contribution in [1.29, 1.82) is 0 Å². The van der Waals surface area contributed by atoms with E-state index >= 15 is 0 Å². The third kappa shape index (κ3) is 5.08. The van der Waals surface area contributed by atoms with E-state index in [9.17, 15) is 8.42 Å². The first kappa shape index (κ1) is 15.8. The molecule has 5 heteroatoms. The van der Waals surface area contributed by atoms with E-state index < -0.39 is 10.0 Å². The number of alkyl halides is 1. The maximum absolute atomic E-state index is 12.0. The van der Waals surface area contributed by atoms with Crippen LogP contribution in [0.5, 0.6) is 0 Å². The fourth-order valence-corrected chi connectivity index (χ4v) is 4.08. The van der Waals surface area contributed by atoms with Crippen LogP contribution in [0.4, 0.5) is 0 Å². The van der Waals surface area contributed by atoms with Gasteiger partial charge in [-0.2, -0.15) is 0 Å². The van der Waals surface area contributed by atoms with Crippen molar-refractivity contribution in [3.8, 4) is 0 Å². The molecule has 1 aromatic rings. The predicted octanol–water partition coefficient (Wildman–Crippen LogP) is 2.95. The summed E-state index contributed by atoms with van der Waals surface area (Å²) in [5.41, 5.74) is 1.05. The highest BCUT2D eigenvalue weighted by Crippen LogP contribution is 2.28. The van der Waals surface area contributed by atoms with Gasteiger partial charge in [-0.1, -0.05) is 43.2 Å². The Kier molecular flexibility index (Phi) is 5.87. The number of halogens is 1. The number of benzene rings is 1. The minimum absolute atomic E-state index is 0.112. The normalized spacial score (nSPS) is 23.6. The highest BCUT2D eigenvalue weighted by molar-refractivity contribution is 7.89. The second kappa shape index (κ2) is 7.43. The van der Waals surface area contributed by atoms with Crippen LogP contribution in [0.1, 0.15) is 31.2 Å². The summed E-state index contributed by atoms with van der Waals surface area (Å²) in [6.45, 7) is 0.477. The lowest BCUT2D eigenvalue weighted by atomic mass is 9.89. The molecule has 1 aliphatic carbocycles. The van der Waals surface area contributed by atoms with E-state index in [1.165, 1.54) is 0 Å². The van der Waals surface area contributed by atoms with Crippen molar-refractivity contribution in [2.75, 3.05) is 12.3 Å². The van der Waals surface area contributed by atoms with E-state index in [0.717, 1.165) is 31.2 Å². The van der Waals surface area contributed by atoms with Crippen LogP contribution in [-0.4, -0.2) is 26.1 Å². The van der Waals surface area contributed by atoms with Crippen molar-refractivity contribution in [2.45, 2.75) is 37.5 Å². The van der Waals surface area contributed by atoms with Gasteiger partial charge in [-0.3, -0.25) is 0 Å². The largest absolute Gasteiger partial charge is 0.215 e. The van der Waals surface area contributed by atoms with Gasteiger partial charge in [0, 0.05) is 11.9 Å². The van der Waals surface area contributed by atoms with Crippen LogP contribution in [0.15, 0.2) is 30.3 Å². The summed E-state index contributed by atoms with van der Waals surface area (Å²) in [5, 5.41) is 0.112. The van der Waals surface area contributed by atoms with Crippen LogP contribution in [0.25, 0.3) is 0 Å². The fraction of sp³-hybridized carbons (Fsp3) is 0.600. The molecule has 1 saturated carbocycles. The zero-order chi connectivity index (χ0) is 14.4. The molecule has 1 fully saturated rings. The first-order valence-corrected chi connectivity index (χ1v) is 9.31. The minimum atomic E-state index is -3.21. The second-order valence-corrected chi connectivity index (χ2v) is 7.95. The van der Waals surface area contributed by atoms with E-state index in [4.69, 9.17) is 11.6 Å². The average molecular weight is 316 g/mol. The van der Waals surface area contributed by atoms with Gasteiger partial charge in [0.2, 0.25) is 10.0 Å². The molecule has 0 heterocycles. The highest BCUT2D eigenvalue weighted by atomic mass is 35.5. The Morgan fingerprint density at radius 1 is 1.15 bits per heavy atom. The molecular weight excluding hydrogens is 294 g/mol. The monoisotopic (exact) mass is 315 g/mol. The molecular formula is C15H22ClNO2S. The Bertz CT molecular complexity index is 504. The fourth-order valence-electron chi connectivity index (χ4n) is 2.60. The summed E-state index contributed by atoms with van der Waals surface area (Å²) < 4.78 is 26.7. The van der Waals surface area contributed by atoms with Crippen LogP contribution >= 0.6 is 11.6 Å². The maximum Gasteiger partial charge on any atom is 0.211 e. The zero-order valence-corrected chi connectivity index (χ0v) is 13.2. The Morgan fingerprint density at radius 3 is 2.55 bits per heavy atom. The predicted molar refractivity (Wildman–Crippen MR) is 83.5 cm³/mol. The van der Waals surface area contributed by atoms with E-state index in [2.05, 4.69) is 4.72 Å². The third-order valence-electron chi connectivity index (χ3n) is 3.88. The summed E-state index contributed by atoms with van der Waals surface area (Å²) in [6, 6.07) is 9.68. The molecule has 2 atom stereocenters. The summed E-state index contributed by atoms with van der Waals surface area (Å²) in [4.78, 5) is 0. The van der Waals surface area contributed by atoms with Crippen molar-refractivity contribution < 1.29 is 8.42 Å². The third-order valence-corrected chi connectivity index (χ3v) is 5.81. The molecule has 0 amide bonds. The van der Waals surface area contributed by atoms with Crippen LogP contribution in [0.3, 0.4) is 0 Å². The molecule has 0 radical (unpaired) electrons. The lowest BCUT2D eigenvalue weighted by Crippen LogP contribution is -2.36. The maximum atomic E-state index is 12.0. The average Bonchev–Trinajstić information content (AvgIpc) is 2.46. The first-order chi connectivity index (χ1) is 9.57. The molecule has 0 bridgehead atoms. The molecule has 2 rings (SSSR count). The van der Waals surface area contributed by atoms with Gasteiger partial charge >= 0.3 is 0 Å².